The average molecular weight is 316 g/mol. The van der Waals surface area contributed by atoms with Crippen molar-refractivity contribution in [1.29, 1.82) is 0 Å². The van der Waals surface area contributed by atoms with E-state index < -0.39 is 0 Å². The van der Waals surface area contributed by atoms with E-state index in [1.54, 1.807) is 17.7 Å². The van der Waals surface area contributed by atoms with Crippen molar-refractivity contribution in [2.75, 3.05) is 36.0 Å². The molecule has 2 unspecified atom stereocenters. The summed E-state index contributed by atoms with van der Waals surface area (Å²) in [6, 6.07) is 0. The van der Waals surface area contributed by atoms with E-state index in [4.69, 9.17) is 0 Å². The van der Waals surface area contributed by atoms with Crippen LogP contribution in [-0.4, -0.2) is 46.3 Å². The molecule has 2 aromatic heterocycles. The highest BCUT2D eigenvalue weighted by molar-refractivity contribution is 7.15. The van der Waals surface area contributed by atoms with Crippen LogP contribution >= 0.6 is 11.3 Å². The fourth-order valence-corrected chi connectivity index (χ4v) is 4.29. The Morgan fingerprint density at radius 2 is 1.64 bits per heavy atom. The van der Waals surface area contributed by atoms with Crippen LogP contribution in [0.3, 0.4) is 0 Å². The third-order valence-electron chi connectivity index (χ3n) is 4.88. The average Bonchev–Trinajstić information content (AvgIpc) is 3.15. The SMILES string of the molecule is Cc1nnc(N2CC3CN(c4ncnc(C)c4C)CC3C2)s1. The first-order valence-corrected chi connectivity index (χ1v) is 8.51. The Balaban J connectivity index is 1.49. The Bertz CT molecular complexity index is 685. The molecule has 6 nitrogen and oxygen atoms in total. The molecule has 2 fully saturated rings. The van der Waals surface area contributed by atoms with E-state index in [-0.39, 0.29) is 0 Å². The van der Waals surface area contributed by atoms with E-state index in [1.807, 2.05) is 6.92 Å². The summed E-state index contributed by atoms with van der Waals surface area (Å²) in [5.41, 5.74) is 2.28. The molecule has 2 saturated heterocycles. The van der Waals surface area contributed by atoms with E-state index in [0.29, 0.717) is 11.8 Å². The zero-order valence-electron chi connectivity index (χ0n) is 13.2. The minimum absolute atomic E-state index is 0.693. The first-order chi connectivity index (χ1) is 10.6. The highest BCUT2D eigenvalue weighted by atomic mass is 32.1. The molecular weight excluding hydrogens is 296 g/mol. The molecule has 2 aromatic rings. The second kappa shape index (κ2) is 5.15. The lowest BCUT2D eigenvalue weighted by Gasteiger charge is -2.23. The van der Waals surface area contributed by atoms with Crippen LogP contribution in [0.2, 0.25) is 0 Å². The molecular formula is C15H20N6S. The van der Waals surface area contributed by atoms with Gasteiger partial charge in [0.15, 0.2) is 0 Å². The van der Waals surface area contributed by atoms with Crippen molar-refractivity contribution in [2.24, 2.45) is 11.8 Å². The summed E-state index contributed by atoms with van der Waals surface area (Å²) in [6.45, 7) is 10.5. The predicted molar refractivity (Wildman–Crippen MR) is 87.6 cm³/mol. The summed E-state index contributed by atoms with van der Waals surface area (Å²) in [6.07, 6.45) is 1.68. The first kappa shape index (κ1) is 13.9. The maximum Gasteiger partial charge on any atom is 0.208 e. The molecule has 0 spiro atoms. The molecule has 7 heteroatoms. The summed E-state index contributed by atoms with van der Waals surface area (Å²) in [5, 5.41) is 10.5. The topological polar surface area (TPSA) is 58.0 Å². The molecule has 0 radical (unpaired) electrons. The molecule has 116 valence electrons. The quantitative estimate of drug-likeness (QED) is 0.842. The minimum atomic E-state index is 0.693. The van der Waals surface area contributed by atoms with Crippen LogP contribution in [0.15, 0.2) is 6.33 Å². The molecule has 22 heavy (non-hydrogen) atoms. The lowest BCUT2D eigenvalue weighted by atomic mass is 10.0. The molecule has 0 aromatic carbocycles. The summed E-state index contributed by atoms with van der Waals surface area (Å²) < 4.78 is 0. The number of nitrogens with zero attached hydrogens (tertiary/aromatic N) is 6. The molecule has 0 saturated carbocycles. The third kappa shape index (κ3) is 2.24. The van der Waals surface area contributed by atoms with Gasteiger partial charge in [-0.25, -0.2) is 9.97 Å². The van der Waals surface area contributed by atoms with Gasteiger partial charge in [-0.1, -0.05) is 11.3 Å². The van der Waals surface area contributed by atoms with Gasteiger partial charge in [0.2, 0.25) is 5.13 Å². The van der Waals surface area contributed by atoms with Crippen molar-refractivity contribution < 1.29 is 0 Å². The van der Waals surface area contributed by atoms with Gasteiger partial charge in [-0.05, 0) is 20.8 Å². The molecule has 0 bridgehead atoms. The molecule has 4 heterocycles. The summed E-state index contributed by atoms with van der Waals surface area (Å²) in [7, 11) is 0. The van der Waals surface area contributed by atoms with Gasteiger partial charge in [-0.2, -0.15) is 0 Å². The van der Waals surface area contributed by atoms with Gasteiger partial charge in [0.05, 0.1) is 0 Å². The minimum Gasteiger partial charge on any atom is -0.356 e. The zero-order valence-corrected chi connectivity index (χ0v) is 14.0. The highest BCUT2D eigenvalue weighted by Gasteiger charge is 2.41. The van der Waals surface area contributed by atoms with Gasteiger partial charge in [0, 0.05) is 49.3 Å². The molecule has 0 amide bonds. The van der Waals surface area contributed by atoms with E-state index in [9.17, 15) is 0 Å². The fraction of sp³-hybridized carbons (Fsp3) is 0.600. The van der Waals surface area contributed by atoms with Crippen LogP contribution in [0.4, 0.5) is 10.9 Å². The Kier molecular flexibility index (Phi) is 3.25. The van der Waals surface area contributed by atoms with Crippen LogP contribution in [-0.2, 0) is 0 Å². The summed E-state index contributed by atoms with van der Waals surface area (Å²) in [5.74, 6) is 2.50. The van der Waals surface area contributed by atoms with Crippen LogP contribution in [0.5, 0.6) is 0 Å². The van der Waals surface area contributed by atoms with Gasteiger partial charge < -0.3 is 9.80 Å². The van der Waals surface area contributed by atoms with Crippen molar-refractivity contribution >= 4 is 22.3 Å². The monoisotopic (exact) mass is 316 g/mol. The summed E-state index contributed by atoms with van der Waals surface area (Å²) >= 11 is 1.69. The fourth-order valence-electron chi connectivity index (χ4n) is 3.58. The molecule has 2 atom stereocenters. The number of rotatable bonds is 2. The smallest absolute Gasteiger partial charge is 0.208 e. The lowest BCUT2D eigenvalue weighted by molar-refractivity contribution is 0.533. The number of hydrogen-bond acceptors (Lipinski definition) is 7. The van der Waals surface area contributed by atoms with Crippen LogP contribution in [0.25, 0.3) is 0 Å². The molecule has 2 aliphatic heterocycles. The maximum atomic E-state index is 4.51. The van der Waals surface area contributed by atoms with Crippen molar-refractivity contribution in [3.63, 3.8) is 0 Å². The van der Waals surface area contributed by atoms with E-state index in [2.05, 4.69) is 43.8 Å². The molecule has 4 rings (SSSR count). The van der Waals surface area contributed by atoms with E-state index in [1.165, 1.54) is 5.56 Å². The molecule has 0 N–H and O–H groups in total. The van der Waals surface area contributed by atoms with Crippen LogP contribution < -0.4 is 9.80 Å². The number of fused-ring (bicyclic) bond motifs is 1. The van der Waals surface area contributed by atoms with Gasteiger partial charge in [0.1, 0.15) is 17.2 Å². The Morgan fingerprint density at radius 1 is 0.955 bits per heavy atom. The first-order valence-electron chi connectivity index (χ1n) is 7.70. The van der Waals surface area contributed by atoms with Crippen LogP contribution in [0, 0.1) is 32.6 Å². The number of hydrogen-bond donors (Lipinski definition) is 0. The largest absolute Gasteiger partial charge is 0.356 e. The Morgan fingerprint density at radius 3 is 2.27 bits per heavy atom. The van der Waals surface area contributed by atoms with Crippen molar-refractivity contribution in [1.82, 2.24) is 20.2 Å². The second-order valence-electron chi connectivity index (χ2n) is 6.34. The second-order valence-corrected chi connectivity index (χ2v) is 7.50. The van der Waals surface area contributed by atoms with Gasteiger partial charge in [-0.15, -0.1) is 10.2 Å². The Hall–Kier alpha value is -1.76. The van der Waals surface area contributed by atoms with Crippen LogP contribution in [0.1, 0.15) is 16.3 Å². The van der Waals surface area contributed by atoms with Crippen molar-refractivity contribution in [2.45, 2.75) is 20.8 Å². The summed E-state index contributed by atoms with van der Waals surface area (Å²) in [4.78, 5) is 13.6. The van der Waals surface area contributed by atoms with E-state index >= 15 is 0 Å². The van der Waals surface area contributed by atoms with E-state index in [0.717, 1.165) is 47.8 Å². The third-order valence-corrected chi connectivity index (χ3v) is 5.78. The number of aromatic nitrogens is 4. The zero-order chi connectivity index (χ0) is 15.3. The number of aryl methyl sites for hydroxylation is 2. The van der Waals surface area contributed by atoms with Gasteiger partial charge in [-0.3, -0.25) is 0 Å². The van der Waals surface area contributed by atoms with Crippen molar-refractivity contribution in [3.05, 3.63) is 22.6 Å². The molecule has 0 aliphatic carbocycles. The predicted octanol–water partition coefficient (Wildman–Crippen LogP) is 1.83. The maximum absolute atomic E-state index is 4.51. The van der Waals surface area contributed by atoms with Crippen molar-refractivity contribution in [3.8, 4) is 0 Å². The standard InChI is InChI=1S/C15H20N6S/c1-9-10(2)16-8-17-14(9)20-4-12-6-21(7-13(12)5-20)15-19-18-11(3)22-15/h8,12-13H,4-7H2,1-3H3. The molecule has 2 aliphatic rings. The highest BCUT2D eigenvalue weighted by Crippen LogP contribution is 2.37. The van der Waals surface area contributed by atoms with Gasteiger partial charge >= 0.3 is 0 Å². The normalized spacial score (nSPS) is 24.1. The number of anilines is 2. The van der Waals surface area contributed by atoms with Gasteiger partial charge in [0.25, 0.3) is 0 Å². The Labute approximate surface area is 134 Å². The lowest BCUT2D eigenvalue weighted by Crippen LogP contribution is -2.29.